The molecule has 4 atom stereocenters. The van der Waals surface area contributed by atoms with E-state index in [9.17, 15) is 37.1 Å². The Hall–Kier alpha value is -4.54. The number of carbonyl (C=O) groups is 2. The number of benzene rings is 2. The monoisotopic (exact) mass is 713 g/mol. The van der Waals surface area contributed by atoms with Crippen LogP contribution < -0.4 is 10.9 Å². The van der Waals surface area contributed by atoms with Crippen LogP contribution in [0, 0.1) is 43.7 Å². The van der Waals surface area contributed by atoms with E-state index in [-0.39, 0.29) is 54.1 Å². The minimum atomic E-state index is -4.83. The Labute approximate surface area is 292 Å². The van der Waals surface area contributed by atoms with Gasteiger partial charge in [-0.15, -0.1) is 6.42 Å². The molecule has 2 N–H and O–H groups in total. The van der Waals surface area contributed by atoms with Crippen molar-refractivity contribution in [3.8, 4) is 23.5 Å². The van der Waals surface area contributed by atoms with Gasteiger partial charge in [0.05, 0.1) is 36.3 Å². The van der Waals surface area contributed by atoms with E-state index in [2.05, 4.69) is 16.1 Å². The van der Waals surface area contributed by atoms with E-state index in [1.807, 2.05) is 0 Å². The van der Waals surface area contributed by atoms with E-state index in [1.165, 1.54) is 24.3 Å². The first-order valence-electron chi connectivity index (χ1n) is 16.7. The Bertz CT molecular complexity index is 1910. The summed E-state index contributed by atoms with van der Waals surface area (Å²) in [5.74, 6) is -1.72. The predicted molar refractivity (Wildman–Crippen MR) is 180 cm³/mol. The van der Waals surface area contributed by atoms with E-state index in [0.717, 1.165) is 17.2 Å². The molecule has 0 unspecified atom stereocenters. The Morgan fingerprint density at radius 2 is 1.80 bits per heavy atom. The number of hydrogen-bond acceptors (Lipinski definition) is 5. The lowest BCUT2D eigenvalue weighted by atomic mass is 9.90. The summed E-state index contributed by atoms with van der Waals surface area (Å²) in [4.78, 5) is 41.6. The number of terminal acetylenes is 1. The number of rotatable bonds is 12. The molecule has 2 aromatic carbocycles. The van der Waals surface area contributed by atoms with Crippen LogP contribution in [0.3, 0.4) is 0 Å². The lowest BCUT2D eigenvalue weighted by Gasteiger charge is -2.28. The van der Waals surface area contributed by atoms with E-state index < -0.39 is 59.3 Å². The molecule has 0 radical (unpaired) electrons. The molecule has 5 rings (SSSR count). The number of fused-ring (bicyclic) bond motifs is 2. The number of morpholine rings is 1. The summed E-state index contributed by atoms with van der Waals surface area (Å²) >= 11 is 0. The van der Waals surface area contributed by atoms with Crippen LogP contribution in [0.25, 0.3) is 11.1 Å². The molecule has 8 nitrogen and oxygen atoms in total. The zero-order valence-corrected chi connectivity index (χ0v) is 28.7. The number of carboxylic acids is 1. The third-order valence-electron chi connectivity index (χ3n) is 9.60. The molecule has 0 spiro atoms. The van der Waals surface area contributed by atoms with Gasteiger partial charge in [-0.25, -0.2) is 8.78 Å². The van der Waals surface area contributed by atoms with Gasteiger partial charge in [-0.1, -0.05) is 19.8 Å². The lowest BCUT2D eigenvalue weighted by molar-refractivity contribution is -0.139. The molecular formula is C38H40F5N3O5. The van der Waals surface area contributed by atoms with E-state index >= 15 is 4.39 Å². The van der Waals surface area contributed by atoms with Gasteiger partial charge in [0.1, 0.15) is 17.7 Å². The van der Waals surface area contributed by atoms with Gasteiger partial charge in [0, 0.05) is 37.0 Å². The Kier molecular flexibility index (Phi) is 11.1. The molecule has 1 aromatic heterocycles. The quantitative estimate of drug-likeness (QED) is 0.168. The van der Waals surface area contributed by atoms with Crippen molar-refractivity contribution in [3.05, 3.63) is 91.9 Å². The van der Waals surface area contributed by atoms with Crippen LogP contribution in [-0.2, 0) is 26.9 Å². The van der Waals surface area contributed by atoms with Crippen molar-refractivity contribution in [1.82, 2.24) is 14.8 Å². The maximum Gasteiger partial charge on any atom is 0.416 e. The highest BCUT2D eigenvalue weighted by molar-refractivity contribution is 5.82. The second kappa shape index (κ2) is 15.0. The molecule has 0 aliphatic carbocycles. The molecule has 2 saturated heterocycles. The summed E-state index contributed by atoms with van der Waals surface area (Å²) in [7, 11) is 0. The van der Waals surface area contributed by atoms with Crippen LogP contribution in [0.1, 0.15) is 78.6 Å². The standard InChI is InChI=1S/C38H40F5N3O5/c1-6-23-12-25(35-21(4)10-26(39)11-22(35)5)13-29(36(23)40)31(16-34(48)49)44-37(50)32(9-20(2)3)46-17-24(30(15-33(46)47)38(41,42)43)7-8-45-18-28-14-27(45)19-51-28/h1,10-13,15,17,20,27-28,31-32H,7-9,14,16,18-19H2,2-5H3,(H,44,50)(H,48,49)/t27-,28-,31+,32-/m0/s1. The van der Waals surface area contributed by atoms with Gasteiger partial charge in [0.2, 0.25) is 5.91 Å². The zero-order valence-electron chi connectivity index (χ0n) is 28.7. The molecule has 51 heavy (non-hydrogen) atoms. The average Bonchev–Trinajstić information content (AvgIpc) is 3.66. The number of hydrogen-bond donors (Lipinski definition) is 2. The molecular weight excluding hydrogens is 673 g/mol. The largest absolute Gasteiger partial charge is 0.481 e. The molecule has 1 amide bonds. The maximum absolute atomic E-state index is 15.9. The second-order valence-electron chi connectivity index (χ2n) is 13.8. The van der Waals surface area contributed by atoms with Gasteiger partial charge in [0.25, 0.3) is 5.56 Å². The highest BCUT2D eigenvalue weighted by atomic mass is 19.4. The number of alkyl halides is 3. The summed E-state index contributed by atoms with van der Waals surface area (Å²) in [5, 5.41) is 12.4. The highest BCUT2D eigenvalue weighted by Gasteiger charge is 2.40. The van der Waals surface area contributed by atoms with Crippen molar-refractivity contribution in [2.75, 3.05) is 19.7 Å². The molecule has 2 fully saturated rings. The normalized spacial score (nSPS) is 18.5. The summed E-state index contributed by atoms with van der Waals surface area (Å²) in [5.41, 5.74) is -0.910. The number of halogens is 5. The van der Waals surface area contributed by atoms with Crippen molar-refractivity contribution in [1.29, 1.82) is 0 Å². The van der Waals surface area contributed by atoms with Crippen molar-refractivity contribution >= 4 is 11.9 Å². The third kappa shape index (κ3) is 8.34. The molecule has 0 saturated carbocycles. The number of likely N-dealkylation sites (tertiary alicyclic amines) is 1. The highest BCUT2D eigenvalue weighted by Crippen LogP contribution is 2.36. The number of amides is 1. The Morgan fingerprint density at radius 3 is 2.35 bits per heavy atom. The fraction of sp³-hybridized carbons (Fsp3) is 0.447. The van der Waals surface area contributed by atoms with E-state index in [0.29, 0.717) is 41.5 Å². The minimum Gasteiger partial charge on any atom is -0.481 e. The lowest BCUT2D eigenvalue weighted by Crippen LogP contribution is -2.41. The third-order valence-corrected chi connectivity index (χ3v) is 9.60. The second-order valence-corrected chi connectivity index (χ2v) is 13.8. The number of aromatic nitrogens is 1. The van der Waals surface area contributed by atoms with E-state index in [1.54, 1.807) is 27.7 Å². The number of aryl methyl sites for hydroxylation is 2. The fourth-order valence-corrected chi connectivity index (χ4v) is 7.31. The first-order chi connectivity index (χ1) is 24.0. The fourth-order valence-electron chi connectivity index (χ4n) is 7.31. The SMILES string of the molecule is C#Cc1cc(-c2c(C)cc(F)cc2C)cc([C@@H](CC(=O)O)NC(=O)[C@H](CC(C)C)n2cc(CCN3C[C@@H]4C[C@H]3CO4)c(C(F)(F)F)cc2=O)c1F. The number of pyridine rings is 1. The van der Waals surface area contributed by atoms with Crippen LogP contribution in [-0.4, -0.2) is 58.3 Å². The number of nitrogens with zero attached hydrogens (tertiary/aromatic N) is 2. The number of carboxylic acid groups (broad SMARTS) is 1. The van der Waals surface area contributed by atoms with Crippen molar-refractivity contribution in [2.45, 2.75) is 83.8 Å². The van der Waals surface area contributed by atoms with Gasteiger partial charge >= 0.3 is 12.1 Å². The zero-order chi connectivity index (χ0) is 37.4. The maximum atomic E-state index is 15.9. The molecule has 3 heterocycles. The van der Waals surface area contributed by atoms with Gasteiger partial charge in [-0.05, 0) is 91.1 Å². The molecule has 2 aliphatic rings. The molecule has 3 aromatic rings. The number of ether oxygens (including phenoxy) is 1. The van der Waals surface area contributed by atoms with Gasteiger partial charge in [-0.3, -0.25) is 19.3 Å². The van der Waals surface area contributed by atoms with Gasteiger partial charge in [-0.2, -0.15) is 13.2 Å². The average molecular weight is 714 g/mol. The first kappa shape index (κ1) is 37.7. The van der Waals surface area contributed by atoms with Crippen LogP contribution in [0.2, 0.25) is 0 Å². The van der Waals surface area contributed by atoms with Crippen molar-refractivity contribution < 1.29 is 41.4 Å². The molecule has 272 valence electrons. The molecule has 2 aliphatic heterocycles. The minimum absolute atomic E-state index is 0.00432. The first-order valence-corrected chi connectivity index (χ1v) is 16.7. The van der Waals surface area contributed by atoms with E-state index in [4.69, 9.17) is 11.2 Å². The smallest absolute Gasteiger partial charge is 0.416 e. The predicted octanol–water partition coefficient (Wildman–Crippen LogP) is 6.35. The summed E-state index contributed by atoms with van der Waals surface area (Å²) in [6, 6.07) is 3.00. The van der Waals surface area contributed by atoms with Crippen LogP contribution >= 0.6 is 0 Å². The number of nitrogens with one attached hydrogen (secondary N) is 1. The van der Waals surface area contributed by atoms with Crippen LogP contribution in [0.5, 0.6) is 0 Å². The van der Waals surface area contributed by atoms with Gasteiger partial charge in [0.15, 0.2) is 0 Å². The summed E-state index contributed by atoms with van der Waals surface area (Å²) < 4.78 is 79.2. The number of carbonyl (C=O) groups excluding carboxylic acids is 1. The van der Waals surface area contributed by atoms with Crippen LogP contribution in [0.15, 0.2) is 41.3 Å². The summed E-state index contributed by atoms with van der Waals surface area (Å²) in [6.45, 7) is 8.19. The molecule has 2 bridgehead atoms. The summed E-state index contributed by atoms with van der Waals surface area (Å²) in [6.07, 6.45) is 1.85. The number of aliphatic carboxylic acids is 1. The van der Waals surface area contributed by atoms with Crippen molar-refractivity contribution in [2.24, 2.45) is 5.92 Å². The topological polar surface area (TPSA) is 101 Å². The van der Waals surface area contributed by atoms with Crippen molar-refractivity contribution in [3.63, 3.8) is 0 Å². The van der Waals surface area contributed by atoms with Gasteiger partial charge < -0.3 is 19.7 Å². The Morgan fingerprint density at radius 1 is 1.12 bits per heavy atom. The molecule has 13 heteroatoms. The Balaban J connectivity index is 1.54. The van der Waals surface area contributed by atoms with Crippen LogP contribution in [0.4, 0.5) is 22.0 Å².